The summed E-state index contributed by atoms with van der Waals surface area (Å²) in [6, 6.07) is 4.01. The molecule has 0 saturated heterocycles. The molecule has 1 unspecified atom stereocenters. The molecule has 84 valence electrons. The molecule has 15 heavy (non-hydrogen) atoms. The van der Waals surface area contributed by atoms with E-state index in [2.05, 4.69) is 5.32 Å². The molecular weight excluding hydrogens is 208 g/mol. The summed E-state index contributed by atoms with van der Waals surface area (Å²) in [7, 11) is 0. The van der Waals surface area contributed by atoms with E-state index < -0.39 is 0 Å². The normalized spacial score (nSPS) is 13.6. The molecule has 0 aromatic carbocycles. The maximum absolute atomic E-state index is 11.7. The molecular formula is C11H18N2OS. The van der Waals surface area contributed by atoms with Crippen molar-refractivity contribution in [2.75, 3.05) is 6.54 Å². The number of amides is 1. The molecule has 1 aromatic heterocycles. The number of carbonyl (C=O) groups is 1. The minimum Gasteiger partial charge on any atom is -0.346 e. The minimum atomic E-state index is -0.311. The third kappa shape index (κ3) is 3.04. The van der Waals surface area contributed by atoms with Crippen LogP contribution in [0.15, 0.2) is 17.5 Å². The fraction of sp³-hybridized carbons (Fsp3) is 0.545. The first-order valence-electron chi connectivity index (χ1n) is 5.03. The summed E-state index contributed by atoms with van der Waals surface area (Å²) in [5.41, 5.74) is 5.14. The van der Waals surface area contributed by atoms with Crippen molar-refractivity contribution in [1.82, 2.24) is 5.32 Å². The smallest absolute Gasteiger partial charge is 0.224 e. The van der Waals surface area contributed by atoms with Gasteiger partial charge in [0.1, 0.15) is 0 Å². The van der Waals surface area contributed by atoms with Gasteiger partial charge in [-0.15, -0.1) is 11.3 Å². The zero-order chi connectivity index (χ0) is 11.5. The molecule has 1 amide bonds. The predicted molar refractivity (Wildman–Crippen MR) is 63.7 cm³/mol. The average Bonchev–Trinajstić information content (AvgIpc) is 2.69. The van der Waals surface area contributed by atoms with Gasteiger partial charge in [0.15, 0.2) is 0 Å². The molecule has 1 rings (SSSR count). The monoisotopic (exact) mass is 226 g/mol. The quantitative estimate of drug-likeness (QED) is 0.821. The largest absolute Gasteiger partial charge is 0.346 e. The third-order valence-electron chi connectivity index (χ3n) is 2.37. The van der Waals surface area contributed by atoms with E-state index in [9.17, 15) is 4.79 Å². The zero-order valence-corrected chi connectivity index (χ0v) is 10.2. The van der Waals surface area contributed by atoms with Crippen molar-refractivity contribution in [3.63, 3.8) is 0 Å². The maximum atomic E-state index is 11.7. The Morgan fingerprint density at radius 2 is 2.33 bits per heavy atom. The highest BCUT2D eigenvalue weighted by molar-refractivity contribution is 7.10. The molecule has 0 fully saturated rings. The van der Waals surface area contributed by atoms with Gasteiger partial charge >= 0.3 is 0 Å². The molecule has 0 saturated carbocycles. The first kappa shape index (κ1) is 12.2. The number of hydrogen-bond donors (Lipinski definition) is 2. The van der Waals surface area contributed by atoms with Gasteiger partial charge in [0, 0.05) is 17.3 Å². The first-order valence-corrected chi connectivity index (χ1v) is 5.91. The number of nitrogens with one attached hydrogen (secondary N) is 1. The highest BCUT2D eigenvalue weighted by Gasteiger charge is 2.25. The molecule has 0 aliphatic heterocycles. The van der Waals surface area contributed by atoms with Gasteiger partial charge in [0.05, 0.1) is 5.54 Å². The number of nitrogens with two attached hydrogens (primary N) is 1. The van der Waals surface area contributed by atoms with Crippen LogP contribution in [0.1, 0.15) is 25.6 Å². The van der Waals surface area contributed by atoms with E-state index in [1.54, 1.807) is 11.3 Å². The zero-order valence-electron chi connectivity index (χ0n) is 9.41. The lowest BCUT2D eigenvalue weighted by atomic mass is 10.0. The van der Waals surface area contributed by atoms with Gasteiger partial charge in [-0.3, -0.25) is 4.79 Å². The second-order valence-electron chi connectivity index (χ2n) is 4.23. The molecule has 3 N–H and O–H groups in total. The Hall–Kier alpha value is -0.870. The van der Waals surface area contributed by atoms with E-state index >= 15 is 0 Å². The van der Waals surface area contributed by atoms with E-state index in [-0.39, 0.29) is 17.4 Å². The molecule has 1 aromatic rings. The Kier molecular flexibility index (Phi) is 3.88. The van der Waals surface area contributed by atoms with Crippen molar-refractivity contribution in [1.29, 1.82) is 0 Å². The van der Waals surface area contributed by atoms with Gasteiger partial charge in [-0.1, -0.05) is 13.0 Å². The Balaban J connectivity index is 2.69. The summed E-state index contributed by atoms with van der Waals surface area (Å²) in [6.45, 7) is 6.21. The van der Waals surface area contributed by atoms with Gasteiger partial charge in [-0.05, 0) is 25.3 Å². The molecule has 4 heteroatoms. The molecule has 1 atom stereocenters. The topological polar surface area (TPSA) is 55.1 Å². The van der Waals surface area contributed by atoms with Crippen LogP contribution in [0.25, 0.3) is 0 Å². The summed E-state index contributed by atoms with van der Waals surface area (Å²) in [5, 5.41) is 5.01. The van der Waals surface area contributed by atoms with Crippen LogP contribution < -0.4 is 11.1 Å². The van der Waals surface area contributed by atoms with Gasteiger partial charge in [0.2, 0.25) is 5.91 Å². The summed E-state index contributed by atoms with van der Waals surface area (Å²) in [6.07, 6.45) is 0. The number of hydrogen-bond acceptors (Lipinski definition) is 3. The van der Waals surface area contributed by atoms with E-state index in [0.29, 0.717) is 6.54 Å². The van der Waals surface area contributed by atoms with Crippen LogP contribution in [0.5, 0.6) is 0 Å². The SMILES string of the molecule is CC(CN)C(=O)NC(C)(C)c1cccs1. The second-order valence-corrected chi connectivity index (χ2v) is 5.18. The Morgan fingerprint density at radius 3 is 2.80 bits per heavy atom. The van der Waals surface area contributed by atoms with Crippen LogP contribution in [0.4, 0.5) is 0 Å². The molecule has 1 heterocycles. The van der Waals surface area contributed by atoms with Gasteiger partial charge in [-0.25, -0.2) is 0 Å². The molecule has 3 nitrogen and oxygen atoms in total. The lowest BCUT2D eigenvalue weighted by molar-refractivity contribution is -0.125. The number of thiophene rings is 1. The lowest BCUT2D eigenvalue weighted by Crippen LogP contribution is -2.44. The number of rotatable bonds is 4. The van der Waals surface area contributed by atoms with E-state index in [0.717, 1.165) is 4.88 Å². The Labute approximate surface area is 94.7 Å². The highest BCUT2D eigenvalue weighted by Crippen LogP contribution is 2.24. The van der Waals surface area contributed by atoms with Crippen molar-refractivity contribution in [3.8, 4) is 0 Å². The average molecular weight is 226 g/mol. The van der Waals surface area contributed by atoms with Crippen LogP contribution in [0.3, 0.4) is 0 Å². The fourth-order valence-corrected chi connectivity index (χ4v) is 2.04. The minimum absolute atomic E-state index is 0.0101. The summed E-state index contributed by atoms with van der Waals surface area (Å²) < 4.78 is 0. The van der Waals surface area contributed by atoms with Gasteiger partial charge < -0.3 is 11.1 Å². The first-order chi connectivity index (χ1) is 6.97. The van der Waals surface area contributed by atoms with Crippen molar-refractivity contribution in [2.45, 2.75) is 26.3 Å². The second kappa shape index (κ2) is 4.77. The highest BCUT2D eigenvalue weighted by atomic mass is 32.1. The predicted octanol–water partition coefficient (Wildman–Crippen LogP) is 1.69. The fourth-order valence-electron chi connectivity index (χ4n) is 1.23. The summed E-state index contributed by atoms with van der Waals surface area (Å²) in [4.78, 5) is 12.9. The van der Waals surface area contributed by atoms with E-state index in [1.807, 2.05) is 38.3 Å². The van der Waals surface area contributed by atoms with Crippen LogP contribution in [-0.2, 0) is 10.3 Å². The molecule has 0 aliphatic carbocycles. The third-order valence-corrected chi connectivity index (χ3v) is 3.57. The van der Waals surface area contributed by atoms with Crippen molar-refractivity contribution >= 4 is 17.2 Å². The molecule has 0 bridgehead atoms. The lowest BCUT2D eigenvalue weighted by Gasteiger charge is -2.26. The van der Waals surface area contributed by atoms with Crippen LogP contribution in [0, 0.1) is 5.92 Å². The number of carbonyl (C=O) groups excluding carboxylic acids is 1. The van der Waals surface area contributed by atoms with Crippen LogP contribution in [0.2, 0.25) is 0 Å². The van der Waals surface area contributed by atoms with Crippen LogP contribution >= 0.6 is 11.3 Å². The van der Waals surface area contributed by atoms with Gasteiger partial charge in [-0.2, -0.15) is 0 Å². The summed E-state index contributed by atoms with van der Waals surface area (Å²) in [5.74, 6) is -0.125. The van der Waals surface area contributed by atoms with Crippen LogP contribution in [-0.4, -0.2) is 12.5 Å². The van der Waals surface area contributed by atoms with Crippen molar-refractivity contribution < 1.29 is 4.79 Å². The molecule has 0 radical (unpaired) electrons. The standard InChI is InChI=1S/C11H18N2OS/c1-8(7-12)10(14)13-11(2,3)9-5-4-6-15-9/h4-6,8H,7,12H2,1-3H3,(H,13,14). The Bertz CT molecular complexity index is 319. The maximum Gasteiger partial charge on any atom is 0.224 e. The van der Waals surface area contributed by atoms with E-state index in [1.165, 1.54) is 0 Å². The van der Waals surface area contributed by atoms with Crippen molar-refractivity contribution in [2.24, 2.45) is 11.7 Å². The molecule has 0 aliphatic rings. The van der Waals surface area contributed by atoms with Gasteiger partial charge in [0.25, 0.3) is 0 Å². The summed E-state index contributed by atoms with van der Waals surface area (Å²) >= 11 is 1.65. The van der Waals surface area contributed by atoms with Crippen molar-refractivity contribution in [3.05, 3.63) is 22.4 Å². The molecule has 0 spiro atoms. The van der Waals surface area contributed by atoms with E-state index in [4.69, 9.17) is 5.73 Å². The Morgan fingerprint density at radius 1 is 1.67 bits per heavy atom.